The highest BCUT2D eigenvalue weighted by atomic mass is 19.1. The Bertz CT molecular complexity index is 671. The third-order valence-electron chi connectivity index (χ3n) is 2.63. The Morgan fingerprint density at radius 2 is 1.88 bits per heavy atom. The Morgan fingerprint density at radius 3 is 2.65 bits per heavy atom. The molecule has 0 N–H and O–H groups in total. The molecule has 3 nitrogen and oxygen atoms in total. The standard InChI is InChI=1S/C13H10FN3/c1-9-8-12(10-2-4-11(14)5-3-10)17-13(16-9)6-7-15-17/h2-8H,1H3. The lowest BCUT2D eigenvalue weighted by Crippen LogP contribution is -1.97. The lowest BCUT2D eigenvalue weighted by Gasteiger charge is -2.06. The highest BCUT2D eigenvalue weighted by Gasteiger charge is 2.06. The van der Waals surface area contributed by atoms with E-state index in [1.807, 2.05) is 19.1 Å². The molecule has 2 aromatic heterocycles. The van der Waals surface area contributed by atoms with Gasteiger partial charge in [-0.1, -0.05) is 0 Å². The molecule has 4 heteroatoms. The Kier molecular flexibility index (Phi) is 2.14. The summed E-state index contributed by atoms with van der Waals surface area (Å²) in [6.07, 6.45) is 1.70. The molecule has 1 aromatic carbocycles. The van der Waals surface area contributed by atoms with E-state index < -0.39 is 0 Å². The molecule has 0 aliphatic rings. The number of halogens is 1. The summed E-state index contributed by atoms with van der Waals surface area (Å²) in [5, 5.41) is 4.22. The lowest BCUT2D eigenvalue weighted by atomic mass is 10.1. The highest BCUT2D eigenvalue weighted by molar-refractivity contribution is 5.62. The molecule has 0 saturated carbocycles. The highest BCUT2D eigenvalue weighted by Crippen LogP contribution is 2.20. The minimum atomic E-state index is -0.240. The summed E-state index contributed by atoms with van der Waals surface area (Å²) >= 11 is 0. The van der Waals surface area contributed by atoms with Gasteiger partial charge in [0.05, 0.1) is 11.9 Å². The molecule has 0 unspecified atom stereocenters. The normalized spacial score (nSPS) is 10.9. The number of aryl methyl sites for hydroxylation is 1. The molecule has 17 heavy (non-hydrogen) atoms. The van der Waals surface area contributed by atoms with E-state index in [1.165, 1.54) is 12.1 Å². The van der Waals surface area contributed by atoms with Gasteiger partial charge in [0.1, 0.15) is 5.82 Å². The van der Waals surface area contributed by atoms with E-state index in [2.05, 4.69) is 10.1 Å². The van der Waals surface area contributed by atoms with Gasteiger partial charge in [0.15, 0.2) is 5.65 Å². The number of hydrogen-bond donors (Lipinski definition) is 0. The topological polar surface area (TPSA) is 30.2 Å². The molecule has 0 saturated heterocycles. The smallest absolute Gasteiger partial charge is 0.155 e. The number of hydrogen-bond acceptors (Lipinski definition) is 2. The average molecular weight is 227 g/mol. The van der Waals surface area contributed by atoms with Crippen molar-refractivity contribution in [3.63, 3.8) is 0 Å². The van der Waals surface area contributed by atoms with E-state index in [9.17, 15) is 4.39 Å². The SMILES string of the molecule is Cc1cc(-c2ccc(F)cc2)n2nccc2n1. The fourth-order valence-electron chi connectivity index (χ4n) is 1.86. The first-order valence-electron chi connectivity index (χ1n) is 5.31. The molecule has 0 radical (unpaired) electrons. The van der Waals surface area contributed by atoms with Crippen LogP contribution in [0.25, 0.3) is 16.9 Å². The van der Waals surface area contributed by atoms with E-state index in [0.717, 1.165) is 22.6 Å². The molecule has 2 heterocycles. The number of nitrogens with zero attached hydrogens (tertiary/aromatic N) is 3. The Morgan fingerprint density at radius 1 is 1.12 bits per heavy atom. The van der Waals surface area contributed by atoms with Crippen LogP contribution in [0.4, 0.5) is 4.39 Å². The Balaban J connectivity index is 2.28. The van der Waals surface area contributed by atoms with Crippen molar-refractivity contribution in [2.75, 3.05) is 0 Å². The fraction of sp³-hybridized carbons (Fsp3) is 0.0769. The molecular weight excluding hydrogens is 217 g/mol. The van der Waals surface area contributed by atoms with Crippen LogP contribution in [0.2, 0.25) is 0 Å². The van der Waals surface area contributed by atoms with Gasteiger partial charge < -0.3 is 0 Å². The van der Waals surface area contributed by atoms with Gasteiger partial charge >= 0.3 is 0 Å². The minimum absolute atomic E-state index is 0.240. The molecule has 0 spiro atoms. The van der Waals surface area contributed by atoms with Gasteiger partial charge in [-0.25, -0.2) is 13.9 Å². The van der Waals surface area contributed by atoms with Gasteiger partial charge in [-0.3, -0.25) is 0 Å². The van der Waals surface area contributed by atoms with Crippen LogP contribution in [0.3, 0.4) is 0 Å². The zero-order valence-corrected chi connectivity index (χ0v) is 9.26. The molecule has 0 aliphatic carbocycles. The maximum atomic E-state index is 12.9. The van der Waals surface area contributed by atoms with Crippen LogP contribution in [0.15, 0.2) is 42.6 Å². The van der Waals surface area contributed by atoms with Gasteiger partial charge in [0.2, 0.25) is 0 Å². The third kappa shape index (κ3) is 1.67. The Labute approximate surface area is 97.5 Å². The van der Waals surface area contributed by atoms with E-state index >= 15 is 0 Å². The predicted molar refractivity (Wildman–Crippen MR) is 63.1 cm³/mol. The van der Waals surface area contributed by atoms with Gasteiger partial charge in [-0.15, -0.1) is 0 Å². The van der Waals surface area contributed by atoms with Crippen LogP contribution >= 0.6 is 0 Å². The van der Waals surface area contributed by atoms with Crippen molar-refractivity contribution in [3.05, 3.63) is 54.1 Å². The second-order valence-electron chi connectivity index (χ2n) is 3.89. The number of aromatic nitrogens is 3. The monoisotopic (exact) mass is 227 g/mol. The van der Waals surface area contributed by atoms with Gasteiger partial charge in [0, 0.05) is 17.3 Å². The van der Waals surface area contributed by atoms with Crippen LogP contribution in [-0.2, 0) is 0 Å². The lowest BCUT2D eigenvalue weighted by molar-refractivity contribution is 0.628. The molecule has 84 valence electrons. The first-order valence-corrected chi connectivity index (χ1v) is 5.31. The fourth-order valence-corrected chi connectivity index (χ4v) is 1.86. The maximum Gasteiger partial charge on any atom is 0.155 e. The van der Waals surface area contributed by atoms with Crippen molar-refractivity contribution in [1.82, 2.24) is 14.6 Å². The van der Waals surface area contributed by atoms with Crippen molar-refractivity contribution in [3.8, 4) is 11.3 Å². The largest absolute Gasteiger partial charge is 0.234 e. The molecular formula is C13H10FN3. The van der Waals surface area contributed by atoms with Gasteiger partial charge in [-0.2, -0.15) is 5.10 Å². The van der Waals surface area contributed by atoms with Crippen LogP contribution < -0.4 is 0 Å². The molecule has 0 amide bonds. The summed E-state index contributed by atoms with van der Waals surface area (Å²) in [5.41, 5.74) is 3.55. The van der Waals surface area contributed by atoms with Crippen molar-refractivity contribution in [2.45, 2.75) is 6.92 Å². The third-order valence-corrected chi connectivity index (χ3v) is 2.63. The second kappa shape index (κ2) is 3.66. The predicted octanol–water partition coefficient (Wildman–Crippen LogP) is 2.84. The Hall–Kier alpha value is -2.23. The van der Waals surface area contributed by atoms with Crippen molar-refractivity contribution in [1.29, 1.82) is 0 Å². The van der Waals surface area contributed by atoms with E-state index in [0.29, 0.717) is 0 Å². The minimum Gasteiger partial charge on any atom is -0.234 e. The van der Waals surface area contributed by atoms with Crippen molar-refractivity contribution < 1.29 is 4.39 Å². The average Bonchev–Trinajstić information content (AvgIpc) is 2.77. The number of benzene rings is 1. The van der Waals surface area contributed by atoms with Gasteiger partial charge in [-0.05, 0) is 37.3 Å². The molecule has 0 aliphatic heterocycles. The maximum absolute atomic E-state index is 12.9. The molecule has 3 aromatic rings. The molecule has 0 bridgehead atoms. The van der Waals surface area contributed by atoms with Crippen molar-refractivity contribution >= 4 is 5.65 Å². The zero-order valence-electron chi connectivity index (χ0n) is 9.26. The van der Waals surface area contributed by atoms with Gasteiger partial charge in [0.25, 0.3) is 0 Å². The second-order valence-corrected chi connectivity index (χ2v) is 3.89. The summed E-state index contributed by atoms with van der Waals surface area (Å²) in [6.45, 7) is 1.93. The summed E-state index contributed by atoms with van der Waals surface area (Å²) in [5.74, 6) is -0.240. The first-order chi connectivity index (χ1) is 8.24. The quantitative estimate of drug-likeness (QED) is 0.640. The van der Waals surface area contributed by atoms with E-state index in [-0.39, 0.29) is 5.82 Å². The van der Waals surface area contributed by atoms with E-state index in [1.54, 1.807) is 22.8 Å². The van der Waals surface area contributed by atoms with Crippen LogP contribution in [0.5, 0.6) is 0 Å². The summed E-state index contributed by atoms with van der Waals surface area (Å²) in [7, 11) is 0. The summed E-state index contributed by atoms with van der Waals surface area (Å²) in [6, 6.07) is 10.2. The molecule has 3 rings (SSSR count). The van der Waals surface area contributed by atoms with Crippen LogP contribution in [0, 0.1) is 12.7 Å². The zero-order chi connectivity index (χ0) is 11.8. The number of rotatable bonds is 1. The van der Waals surface area contributed by atoms with E-state index in [4.69, 9.17) is 0 Å². The van der Waals surface area contributed by atoms with Crippen LogP contribution in [0.1, 0.15) is 5.69 Å². The van der Waals surface area contributed by atoms with Crippen molar-refractivity contribution in [2.24, 2.45) is 0 Å². The summed E-state index contributed by atoms with van der Waals surface area (Å²) in [4.78, 5) is 4.37. The first kappa shape index (κ1) is 9.96. The summed E-state index contributed by atoms with van der Waals surface area (Å²) < 4.78 is 14.7. The van der Waals surface area contributed by atoms with Crippen LogP contribution in [-0.4, -0.2) is 14.6 Å². The molecule has 0 fully saturated rings. The molecule has 0 atom stereocenters. The number of fused-ring (bicyclic) bond motifs is 1.